The van der Waals surface area contributed by atoms with Gasteiger partial charge in [0.2, 0.25) is 0 Å². The van der Waals surface area contributed by atoms with Crippen LogP contribution in [0.2, 0.25) is 0 Å². The first-order valence-corrected chi connectivity index (χ1v) is 8.56. The molecule has 3 aromatic rings. The molecule has 0 amide bonds. The Morgan fingerprint density at radius 1 is 1.11 bits per heavy atom. The van der Waals surface area contributed by atoms with Gasteiger partial charge in [-0.15, -0.1) is 5.53 Å². The van der Waals surface area contributed by atoms with Gasteiger partial charge in [0.1, 0.15) is 18.1 Å². The van der Waals surface area contributed by atoms with E-state index in [4.69, 9.17) is 16.2 Å². The topological polar surface area (TPSA) is 147 Å². The molecule has 0 bridgehead atoms. The number of ether oxygens (including phenoxy) is 1. The Morgan fingerprint density at radius 2 is 1.96 bits per heavy atom. The minimum Gasteiger partial charge on any atom is -0.486 e. The van der Waals surface area contributed by atoms with Crippen molar-refractivity contribution in [3.8, 4) is 22.9 Å². The van der Waals surface area contributed by atoms with Crippen LogP contribution in [0.25, 0.3) is 11.1 Å². The van der Waals surface area contributed by atoms with E-state index in [0.29, 0.717) is 35.2 Å². The van der Waals surface area contributed by atoms with E-state index >= 15 is 0 Å². The fourth-order valence-corrected chi connectivity index (χ4v) is 2.88. The molecule has 0 saturated carbocycles. The first-order chi connectivity index (χ1) is 13.7. The van der Waals surface area contributed by atoms with Gasteiger partial charge in [0.05, 0.1) is 17.3 Å². The third kappa shape index (κ3) is 3.37. The van der Waals surface area contributed by atoms with Gasteiger partial charge in [-0.25, -0.2) is 4.98 Å². The van der Waals surface area contributed by atoms with Crippen LogP contribution in [0.5, 0.6) is 5.75 Å². The number of nitriles is 1. The molecule has 7 N–H and O–H groups in total. The van der Waals surface area contributed by atoms with Crippen molar-refractivity contribution in [2.45, 2.75) is 13.2 Å². The Morgan fingerprint density at radius 3 is 2.71 bits per heavy atom. The Hall–Kier alpha value is -3.87. The third-order valence-electron chi connectivity index (χ3n) is 4.35. The van der Waals surface area contributed by atoms with Gasteiger partial charge in [-0.3, -0.25) is 15.8 Å². The zero-order chi connectivity index (χ0) is 19.5. The summed E-state index contributed by atoms with van der Waals surface area (Å²) in [6, 6.07) is 13.3. The summed E-state index contributed by atoms with van der Waals surface area (Å²) in [4.78, 5) is 8.46. The van der Waals surface area contributed by atoms with E-state index in [1.807, 2.05) is 30.3 Å². The van der Waals surface area contributed by atoms with Gasteiger partial charge in [0.25, 0.3) is 0 Å². The lowest BCUT2D eigenvalue weighted by Crippen LogP contribution is -2.19. The second-order valence-electron chi connectivity index (χ2n) is 6.16. The van der Waals surface area contributed by atoms with Crippen molar-refractivity contribution < 1.29 is 4.74 Å². The molecule has 0 saturated heterocycles. The molecule has 0 radical (unpaired) electrons. The van der Waals surface area contributed by atoms with Crippen LogP contribution in [0.3, 0.4) is 0 Å². The minimum atomic E-state index is 0.213. The Labute approximate surface area is 161 Å². The number of hydrogen-bond acceptors (Lipinski definition) is 9. The molecule has 1 aliphatic rings. The van der Waals surface area contributed by atoms with Gasteiger partial charge in [-0.05, 0) is 17.7 Å². The van der Waals surface area contributed by atoms with Gasteiger partial charge < -0.3 is 16.2 Å². The predicted octanol–water partition coefficient (Wildman–Crippen LogP) is 1.89. The van der Waals surface area contributed by atoms with E-state index in [-0.39, 0.29) is 6.61 Å². The largest absolute Gasteiger partial charge is 0.486 e. The fourth-order valence-electron chi connectivity index (χ4n) is 2.88. The van der Waals surface area contributed by atoms with Crippen molar-refractivity contribution in [3.05, 3.63) is 59.4 Å². The summed E-state index contributed by atoms with van der Waals surface area (Å²) in [5.41, 5.74) is 24.5. The summed E-state index contributed by atoms with van der Waals surface area (Å²) < 4.78 is 5.89. The summed E-state index contributed by atoms with van der Waals surface area (Å²) in [6.07, 6.45) is 1.75. The highest BCUT2D eigenvalue weighted by Gasteiger charge is 2.18. The highest BCUT2D eigenvalue weighted by Crippen LogP contribution is 2.35. The molecule has 2 aromatic heterocycles. The molecule has 0 spiro atoms. The number of anilines is 3. The molecule has 0 aliphatic carbocycles. The van der Waals surface area contributed by atoms with E-state index in [9.17, 15) is 5.26 Å². The molecular formula is C19H18N8O. The zero-order valence-electron chi connectivity index (χ0n) is 14.9. The standard InChI is InChI=1S/C19H18N8O/c20-7-14-5-11(12-3-4-15(8-21)23-9-12)1-2-13(14)10-28-16-6-17(22)24-19-18(16)25-27-26-19/h1-6,9,25,27H,8,10,21H2,(H3,22,24,26). The van der Waals surface area contributed by atoms with Gasteiger partial charge in [0, 0.05) is 29.9 Å². The van der Waals surface area contributed by atoms with Gasteiger partial charge in [-0.1, -0.05) is 18.2 Å². The van der Waals surface area contributed by atoms with Crippen LogP contribution in [-0.2, 0) is 13.2 Å². The second kappa shape index (κ2) is 7.40. The molecule has 9 nitrogen and oxygen atoms in total. The molecule has 28 heavy (non-hydrogen) atoms. The summed E-state index contributed by atoms with van der Waals surface area (Å²) >= 11 is 0. The van der Waals surface area contributed by atoms with Crippen LogP contribution < -0.4 is 32.6 Å². The van der Waals surface area contributed by atoms with Crippen LogP contribution in [0, 0.1) is 11.3 Å². The van der Waals surface area contributed by atoms with Crippen molar-refractivity contribution >= 4 is 17.3 Å². The average molecular weight is 374 g/mol. The minimum absolute atomic E-state index is 0.213. The molecule has 4 rings (SSSR count). The number of benzene rings is 1. The van der Waals surface area contributed by atoms with Crippen molar-refractivity contribution in [3.63, 3.8) is 0 Å². The maximum absolute atomic E-state index is 9.57. The van der Waals surface area contributed by atoms with E-state index in [2.05, 4.69) is 32.4 Å². The number of hydrogen-bond donors (Lipinski definition) is 5. The van der Waals surface area contributed by atoms with Gasteiger partial charge in [-0.2, -0.15) is 5.26 Å². The van der Waals surface area contributed by atoms with E-state index in [1.54, 1.807) is 12.3 Å². The number of aromatic nitrogens is 2. The average Bonchev–Trinajstić information content (AvgIpc) is 3.20. The lowest BCUT2D eigenvalue weighted by molar-refractivity contribution is 0.307. The SMILES string of the molecule is N#Cc1cc(-c2ccc(CN)nc2)ccc1COc1cc(N)nc2c1NNN2. The molecule has 0 unspecified atom stereocenters. The van der Waals surface area contributed by atoms with Crippen molar-refractivity contribution in [1.82, 2.24) is 15.5 Å². The number of pyridine rings is 2. The number of nitrogen functional groups attached to an aromatic ring is 1. The first kappa shape index (κ1) is 17.5. The Kier molecular flexibility index (Phi) is 4.63. The highest BCUT2D eigenvalue weighted by atomic mass is 16.5. The summed E-state index contributed by atoms with van der Waals surface area (Å²) in [6.45, 7) is 0.605. The maximum atomic E-state index is 9.57. The zero-order valence-corrected chi connectivity index (χ0v) is 14.9. The maximum Gasteiger partial charge on any atom is 0.172 e. The summed E-state index contributed by atoms with van der Waals surface area (Å²) in [5, 5.41) is 9.57. The molecular weight excluding hydrogens is 356 g/mol. The number of nitrogens with two attached hydrogens (primary N) is 2. The van der Waals surface area contributed by atoms with Gasteiger partial charge >= 0.3 is 0 Å². The van der Waals surface area contributed by atoms with Crippen LogP contribution in [-0.4, -0.2) is 9.97 Å². The fraction of sp³-hybridized carbons (Fsp3) is 0.105. The van der Waals surface area contributed by atoms with Crippen LogP contribution >= 0.6 is 0 Å². The molecule has 9 heteroatoms. The third-order valence-corrected chi connectivity index (χ3v) is 4.35. The second-order valence-corrected chi connectivity index (χ2v) is 6.16. The van der Waals surface area contributed by atoms with E-state index < -0.39 is 0 Å². The molecule has 140 valence electrons. The molecule has 1 aliphatic heterocycles. The Bertz CT molecular complexity index is 1060. The van der Waals surface area contributed by atoms with Crippen molar-refractivity contribution in [2.24, 2.45) is 5.73 Å². The number of rotatable bonds is 5. The number of nitrogens with one attached hydrogen (secondary N) is 3. The van der Waals surface area contributed by atoms with Crippen molar-refractivity contribution in [1.29, 1.82) is 5.26 Å². The number of fused-ring (bicyclic) bond motifs is 1. The first-order valence-electron chi connectivity index (χ1n) is 8.56. The normalized spacial score (nSPS) is 11.9. The van der Waals surface area contributed by atoms with Crippen LogP contribution in [0.4, 0.5) is 17.3 Å². The van der Waals surface area contributed by atoms with E-state index in [0.717, 1.165) is 22.4 Å². The predicted molar refractivity (Wildman–Crippen MR) is 106 cm³/mol. The number of nitrogens with zero attached hydrogens (tertiary/aromatic N) is 3. The smallest absolute Gasteiger partial charge is 0.172 e. The summed E-state index contributed by atoms with van der Waals surface area (Å²) in [7, 11) is 0. The Balaban J connectivity index is 1.57. The van der Waals surface area contributed by atoms with Crippen LogP contribution in [0.1, 0.15) is 16.8 Å². The lowest BCUT2D eigenvalue weighted by Gasteiger charge is -2.12. The molecule has 0 atom stereocenters. The monoisotopic (exact) mass is 374 g/mol. The van der Waals surface area contributed by atoms with E-state index in [1.165, 1.54) is 0 Å². The lowest BCUT2D eigenvalue weighted by atomic mass is 10.0. The molecule has 0 fully saturated rings. The molecule has 3 heterocycles. The number of hydrazine groups is 2. The highest BCUT2D eigenvalue weighted by molar-refractivity contribution is 5.76. The molecule has 1 aromatic carbocycles. The quantitative estimate of drug-likeness (QED) is 0.451. The van der Waals surface area contributed by atoms with Crippen LogP contribution in [0.15, 0.2) is 42.6 Å². The van der Waals surface area contributed by atoms with Gasteiger partial charge in [0.15, 0.2) is 11.6 Å². The van der Waals surface area contributed by atoms with Crippen molar-refractivity contribution in [2.75, 3.05) is 16.6 Å². The summed E-state index contributed by atoms with van der Waals surface area (Å²) in [5.74, 6) is 1.42.